The van der Waals surface area contributed by atoms with Crippen molar-refractivity contribution in [2.75, 3.05) is 4.90 Å². The largest absolute Gasteiger partial charge is 0.310 e. The zero-order valence-electron chi connectivity index (χ0n) is 42.2. The molecule has 3 fully saturated rings. The molecule has 0 saturated heterocycles. The van der Waals surface area contributed by atoms with Crippen LogP contribution in [0.4, 0.5) is 17.1 Å². The van der Waals surface area contributed by atoms with Crippen LogP contribution in [0.3, 0.4) is 0 Å². The summed E-state index contributed by atoms with van der Waals surface area (Å²) in [6.45, 7) is 5.09. The summed E-state index contributed by atoms with van der Waals surface area (Å²) in [7, 11) is 0. The lowest BCUT2D eigenvalue weighted by Crippen LogP contribution is -2.49. The average Bonchev–Trinajstić information content (AvgIpc) is 4.03. The highest BCUT2D eigenvalue weighted by Crippen LogP contribution is 2.65. The van der Waals surface area contributed by atoms with E-state index in [2.05, 4.69) is 230 Å². The van der Waals surface area contributed by atoms with Gasteiger partial charge in [0.25, 0.3) is 0 Å². The normalized spacial score (nSPS) is 22.1. The monoisotopic (exact) mass is 942 g/mol. The number of anilines is 3. The highest BCUT2D eigenvalue weighted by Gasteiger charge is 2.56. The van der Waals surface area contributed by atoms with Gasteiger partial charge in [-0.25, -0.2) is 0 Å². The smallest absolute Gasteiger partial charge is 0.0547 e. The zero-order valence-corrected chi connectivity index (χ0v) is 42.2. The van der Waals surface area contributed by atoms with Gasteiger partial charge in [0.05, 0.1) is 11.0 Å². The number of rotatable bonds is 6. The number of benzene rings is 9. The van der Waals surface area contributed by atoms with Crippen LogP contribution >= 0.6 is 0 Å². The van der Waals surface area contributed by atoms with Gasteiger partial charge in [-0.1, -0.05) is 173 Å². The molecular formula is C71H62N2. The van der Waals surface area contributed by atoms with Crippen LogP contribution in [-0.4, -0.2) is 4.57 Å². The molecule has 1 heterocycles. The SMILES string of the molecule is C[C@@H]1CC2CC(C1)[C@@]1(c3ccccc3-c3cc(-c4ccc5c6cc(N(c7cccc(-c8ccccc8)c7)c7ccc8c(c7)-c7ccccc7C87CCCCC7)ccc6n(-c6ccccc6)c5c4)ccc31)[C@@H](C)C2. The van der Waals surface area contributed by atoms with Gasteiger partial charge in [-0.15, -0.1) is 0 Å². The minimum Gasteiger partial charge on any atom is -0.310 e. The maximum absolute atomic E-state index is 2.58. The summed E-state index contributed by atoms with van der Waals surface area (Å²) in [6.07, 6.45) is 11.8. The van der Waals surface area contributed by atoms with Gasteiger partial charge < -0.3 is 9.47 Å². The van der Waals surface area contributed by atoms with Crippen LogP contribution in [0.2, 0.25) is 0 Å². The number of fused-ring (bicyclic) bond motifs is 16. The summed E-state index contributed by atoms with van der Waals surface area (Å²) in [5, 5.41) is 2.50. The van der Waals surface area contributed by atoms with Crippen LogP contribution in [0.1, 0.15) is 93.9 Å². The Balaban J connectivity index is 0.897. The van der Waals surface area contributed by atoms with E-state index in [1.165, 1.54) is 147 Å². The Bertz CT molecular complexity index is 3790. The van der Waals surface area contributed by atoms with E-state index in [0.717, 1.165) is 23.2 Å². The van der Waals surface area contributed by atoms with E-state index >= 15 is 0 Å². The summed E-state index contributed by atoms with van der Waals surface area (Å²) in [5.41, 5.74) is 24.2. The molecule has 2 unspecified atom stereocenters. The lowest BCUT2D eigenvalue weighted by molar-refractivity contribution is 0.0426. The van der Waals surface area contributed by atoms with Crippen LogP contribution < -0.4 is 4.90 Å². The van der Waals surface area contributed by atoms with Gasteiger partial charge in [-0.05, 0) is 196 Å². The summed E-state index contributed by atoms with van der Waals surface area (Å²) < 4.78 is 2.50. The van der Waals surface area contributed by atoms with E-state index in [4.69, 9.17) is 0 Å². The molecule has 0 amide bonds. The van der Waals surface area contributed by atoms with Gasteiger partial charge in [-0.2, -0.15) is 0 Å². The van der Waals surface area contributed by atoms with Crippen molar-refractivity contribution in [1.29, 1.82) is 0 Å². The molecule has 5 aliphatic rings. The number of hydrogen-bond acceptors (Lipinski definition) is 1. The highest BCUT2D eigenvalue weighted by atomic mass is 15.1. The van der Waals surface area contributed by atoms with E-state index < -0.39 is 0 Å². The Morgan fingerprint density at radius 3 is 1.86 bits per heavy atom. The number of aromatic nitrogens is 1. The Hall–Kier alpha value is -7.42. The topological polar surface area (TPSA) is 8.17 Å². The molecule has 73 heavy (non-hydrogen) atoms. The van der Waals surface area contributed by atoms with Gasteiger partial charge in [0.2, 0.25) is 0 Å². The quantitative estimate of drug-likeness (QED) is 0.161. The van der Waals surface area contributed by atoms with E-state index in [9.17, 15) is 0 Å². The third kappa shape index (κ3) is 6.41. The fraction of sp³-hybridized carbons (Fsp3) is 0.239. The van der Waals surface area contributed by atoms with Crippen molar-refractivity contribution < 1.29 is 0 Å². The van der Waals surface area contributed by atoms with Crippen LogP contribution in [0, 0.1) is 23.7 Å². The molecule has 1 aromatic heterocycles. The first kappa shape index (κ1) is 43.2. The molecule has 0 aliphatic heterocycles. The molecule has 2 heteroatoms. The molecule has 5 atom stereocenters. The fourth-order valence-corrected chi connectivity index (χ4v) is 16.3. The zero-order chi connectivity index (χ0) is 48.4. The second-order valence-corrected chi connectivity index (χ2v) is 23.0. The molecule has 3 saturated carbocycles. The van der Waals surface area contributed by atoms with Crippen molar-refractivity contribution in [3.05, 3.63) is 229 Å². The second-order valence-electron chi connectivity index (χ2n) is 23.0. The summed E-state index contributed by atoms with van der Waals surface area (Å²) >= 11 is 0. The summed E-state index contributed by atoms with van der Waals surface area (Å²) in [5.74, 6) is 2.97. The lowest BCUT2D eigenvalue weighted by atomic mass is 9.49. The minimum absolute atomic E-state index is 0.0929. The molecule has 2 nitrogen and oxygen atoms in total. The summed E-state index contributed by atoms with van der Waals surface area (Å²) in [4.78, 5) is 2.51. The predicted molar refractivity (Wildman–Crippen MR) is 306 cm³/mol. The lowest BCUT2D eigenvalue weighted by Gasteiger charge is -2.54. The molecule has 10 aromatic rings. The van der Waals surface area contributed by atoms with Gasteiger partial charge in [0, 0.05) is 44.4 Å². The first-order valence-electron chi connectivity index (χ1n) is 27.5. The molecule has 356 valence electrons. The minimum atomic E-state index is 0.0929. The molecule has 9 aromatic carbocycles. The van der Waals surface area contributed by atoms with Gasteiger partial charge in [-0.3, -0.25) is 0 Å². The van der Waals surface area contributed by atoms with Crippen LogP contribution in [-0.2, 0) is 10.8 Å². The van der Waals surface area contributed by atoms with Crippen LogP contribution in [0.5, 0.6) is 0 Å². The first-order valence-corrected chi connectivity index (χ1v) is 27.5. The summed E-state index contributed by atoms with van der Waals surface area (Å²) in [6, 6.07) is 79.2. The Morgan fingerprint density at radius 1 is 0.411 bits per heavy atom. The van der Waals surface area contributed by atoms with Gasteiger partial charge >= 0.3 is 0 Å². The Labute approximate surface area is 431 Å². The molecule has 0 N–H and O–H groups in total. The van der Waals surface area contributed by atoms with Crippen molar-refractivity contribution in [3.8, 4) is 50.2 Å². The second kappa shape index (κ2) is 16.6. The van der Waals surface area contributed by atoms with Gasteiger partial charge in [0.15, 0.2) is 0 Å². The van der Waals surface area contributed by atoms with Crippen molar-refractivity contribution in [2.24, 2.45) is 23.7 Å². The number of para-hydroxylation sites is 1. The molecular weight excluding hydrogens is 881 g/mol. The maximum atomic E-state index is 2.58. The fourth-order valence-electron chi connectivity index (χ4n) is 16.3. The van der Waals surface area contributed by atoms with Crippen LogP contribution in [0.15, 0.2) is 206 Å². The van der Waals surface area contributed by atoms with Gasteiger partial charge in [0.1, 0.15) is 0 Å². The Morgan fingerprint density at radius 2 is 1.03 bits per heavy atom. The van der Waals surface area contributed by atoms with Crippen molar-refractivity contribution in [3.63, 3.8) is 0 Å². The van der Waals surface area contributed by atoms with Crippen molar-refractivity contribution in [1.82, 2.24) is 4.57 Å². The third-order valence-electron chi connectivity index (χ3n) is 19.1. The molecule has 5 aliphatic carbocycles. The van der Waals surface area contributed by atoms with Crippen LogP contribution in [0.25, 0.3) is 72.0 Å². The third-order valence-corrected chi connectivity index (χ3v) is 19.1. The van der Waals surface area contributed by atoms with E-state index in [-0.39, 0.29) is 10.8 Å². The standard InChI is InChI=1S/C71H62N2/c1-46-37-48-39-47(2)71(53(38-46)40-48)66-26-13-11-24-59(66)61-42-51(28-32-67(61)71)52-27-31-60-63-45-57(30-34-68(63)73(69(60)43-52)54-20-8-4-9-21-54)72(55-22-16-19-50(41-55)49-17-6-3-7-18-49)56-29-33-65-62(44-56)58-23-10-12-25-64(58)70(65)35-14-5-15-36-70/h3-4,6-13,16-34,41-48,53H,5,14-15,35-40H2,1-2H3/t46-,47+,48?,53?,71-/m1/s1. The first-order chi connectivity index (χ1) is 36.0. The van der Waals surface area contributed by atoms with E-state index in [1.807, 2.05) is 0 Å². The van der Waals surface area contributed by atoms with E-state index in [1.54, 1.807) is 11.1 Å². The molecule has 2 bridgehead atoms. The Kier molecular flexibility index (Phi) is 9.79. The number of hydrogen-bond donors (Lipinski definition) is 0. The predicted octanol–water partition coefficient (Wildman–Crippen LogP) is 19.2. The maximum Gasteiger partial charge on any atom is 0.0547 e. The molecule has 15 rings (SSSR count). The van der Waals surface area contributed by atoms with E-state index in [0.29, 0.717) is 11.8 Å². The average molecular weight is 943 g/mol. The molecule has 0 radical (unpaired) electrons. The highest BCUT2D eigenvalue weighted by molar-refractivity contribution is 6.12. The number of nitrogens with zero attached hydrogens (tertiary/aromatic N) is 2. The molecule has 2 spiro atoms. The van der Waals surface area contributed by atoms with Crippen molar-refractivity contribution in [2.45, 2.75) is 82.5 Å². The van der Waals surface area contributed by atoms with Crippen molar-refractivity contribution >= 4 is 38.9 Å².